The van der Waals surface area contributed by atoms with E-state index in [2.05, 4.69) is 28.4 Å². The molecule has 3 atom stereocenters. The first-order chi connectivity index (χ1) is 9.85. The predicted octanol–water partition coefficient (Wildman–Crippen LogP) is 2.37. The lowest BCUT2D eigenvalue weighted by atomic mass is 9.94. The normalized spacial score (nSPS) is 33.0. The van der Waals surface area contributed by atoms with Crippen molar-refractivity contribution in [1.82, 2.24) is 10.2 Å². The van der Waals surface area contributed by atoms with Crippen molar-refractivity contribution in [2.24, 2.45) is 5.92 Å². The van der Waals surface area contributed by atoms with Crippen LogP contribution in [0.25, 0.3) is 0 Å². The molecule has 0 spiro atoms. The van der Waals surface area contributed by atoms with Crippen LogP contribution in [0.15, 0.2) is 18.2 Å². The zero-order chi connectivity index (χ0) is 13.5. The Morgan fingerprint density at radius 1 is 1.25 bits per heavy atom. The molecule has 0 amide bonds. The van der Waals surface area contributed by atoms with Gasteiger partial charge in [-0.2, -0.15) is 0 Å². The number of nitrogens with one attached hydrogen (secondary N) is 1. The lowest BCUT2D eigenvalue weighted by Crippen LogP contribution is -2.40. The van der Waals surface area contributed by atoms with Crippen molar-refractivity contribution in [2.45, 2.75) is 37.8 Å². The molecule has 108 valence electrons. The van der Waals surface area contributed by atoms with Gasteiger partial charge in [-0.25, -0.2) is 0 Å². The summed E-state index contributed by atoms with van der Waals surface area (Å²) in [6.07, 6.45) is 5.27. The van der Waals surface area contributed by atoms with Gasteiger partial charge in [0.25, 0.3) is 0 Å². The molecule has 0 aromatic heterocycles. The van der Waals surface area contributed by atoms with Crippen LogP contribution in [0.4, 0.5) is 0 Å². The molecular weight excluding hydrogens is 248 g/mol. The number of nitrogens with zero attached hydrogens (tertiary/aromatic N) is 1. The summed E-state index contributed by atoms with van der Waals surface area (Å²) in [7, 11) is 1.76. The van der Waals surface area contributed by atoms with Crippen molar-refractivity contribution < 1.29 is 4.74 Å². The van der Waals surface area contributed by atoms with Crippen molar-refractivity contribution in [2.75, 3.05) is 26.7 Å². The average molecular weight is 272 g/mol. The number of methoxy groups -OCH3 is 1. The number of benzene rings is 1. The Labute approximate surface area is 121 Å². The minimum atomic E-state index is 0.618. The molecule has 1 aliphatic carbocycles. The molecule has 1 N–H and O–H groups in total. The summed E-state index contributed by atoms with van der Waals surface area (Å²) in [4.78, 5) is 2.72. The van der Waals surface area contributed by atoms with E-state index in [4.69, 9.17) is 4.74 Å². The van der Waals surface area contributed by atoms with Crippen LogP contribution in [0.1, 0.15) is 36.4 Å². The number of hydrogen-bond donors (Lipinski definition) is 1. The Kier molecular flexibility index (Phi) is 3.20. The molecule has 1 unspecified atom stereocenters. The number of hydrogen-bond acceptors (Lipinski definition) is 3. The summed E-state index contributed by atoms with van der Waals surface area (Å²) in [5, 5.41) is 3.71. The predicted molar refractivity (Wildman–Crippen MR) is 80.1 cm³/mol. The molecule has 3 aliphatic rings. The van der Waals surface area contributed by atoms with E-state index in [-0.39, 0.29) is 0 Å². The third-order valence-electron chi connectivity index (χ3n) is 5.47. The molecule has 0 radical (unpaired) electrons. The van der Waals surface area contributed by atoms with Gasteiger partial charge < -0.3 is 10.1 Å². The summed E-state index contributed by atoms with van der Waals surface area (Å²) in [6, 6.07) is 7.98. The molecule has 0 saturated carbocycles. The van der Waals surface area contributed by atoms with Gasteiger partial charge in [0.05, 0.1) is 7.11 Å². The topological polar surface area (TPSA) is 24.5 Å². The maximum absolute atomic E-state index is 5.41. The van der Waals surface area contributed by atoms with Crippen molar-refractivity contribution in [3.63, 3.8) is 0 Å². The van der Waals surface area contributed by atoms with Gasteiger partial charge in [-0.3, -0.25) is 4.90 Å². The number of fused-ring (bicyclic) bond motifs is 2. The van der Waals surface area contributed by atoms with Crippen LogP contribution in [0.5, 0.6) is 5.75 Å². The maximum atomic E-state index is 5.41. The fraction of sp³-hybridized carbons (Fsp3) is 0.647. The summed E-state index contributed by atoms with van der Waals surface area (Å²) in [5.41, 5.74) is 3.04. The van der Waals surface area contributed by atoms with Gasteiger partial charge in [0, 0.05) is 25.2 Å². The third-order valence-corrected chi connectivity index (χ3v) is 5.47. The summed E-state index contributed by atoms with van der Waals surface area (Å²) < 4.78 is 5.41. The first kappa shape index (κ1) is 12.7. The summed E-state index contributed by atoms with van der Waals surface area (Å²) in [6.45, 7) is 3.72. The van der Waals surface area contributed by atoms with Crippen LogP contribution in [-0.2, 0) is 6.42 Å². The summed E-state index contributed by atoms with van der Waals surface area (Å²) in [5.74, 6) is 1.88. The Bertz CT molecular complexity index is 488. The standard InChI is InChI=1S/C17H24N2O/c1-20-14-6-4-12-5-7-17(15(12)9-14)19-10-13-3-2-8-18-16(13)11-19/h4,6,9,13,16-18H,2-3,5,7-8,10-11H2,1H3/t13-,16+,17?/m0/s1. The number of likely N-dealkylation sites (tertiary alicyclic amines) is 1. The third kappa shape index (κ3) is 2.04. The van der Waals surface area contributed by atoms with Crippen molar-refractivity contribution in [1.29, 1.82) is 0 Å². The Morgan fingerprint density at radius 3 is 3.05 bits per heavy atom. The minimum absolute atomic E-state index is 0.618. The van der Waals surface area contributed by atoms with Gasteiger partial charge in [-0.1, -0.05) is 6.07 Å². The highest BCUT2D eigenvalue weighted by Gasteiger charge is 2.39. The van der Waals surface area contributed by atoms with Gasteiger partial charge in [-0.15, -0.1) is 0 Å². The lowest BCUT2D eigenvalue weighted by molar-refractivity contribution is 0.234. The van der Waals surface area contributed by atoms with Crippen molar-refractivity contribution >= 4 is 0 Å². The van der Waals surface area contributed by atoms with Gasteiger partial charge in [0.1, 0.15) is 5.75 Å². The Hall–Kier alpha value is -1.06. The molecule has 1 aromatic rings. The Balaban J connectivity index is 1.56. The first-order valence-electron chi connectivity index (χ1n) is 7.99. The monoisotopic (exact) mass is 272 g/mol. The molecule has 4 rings (SSSR count). The van der Waals surface area contributed by atoms with E-state index in [0.717, 1.165) is 17.7 Å². The van der Waals surface area contributed by atoms with E-state index in [1.54, 1.807) is 7.11 Å². The molecule has 2 heterocycles. The number of aryl methyl sites for hydroxylation is 1. The van der Waals surface area contributed by atoms with Gasteiger partial charge >= 0.3 is 0 Å². The molecule has 2 fully saturated rings. The molecule has 0 bridgehead atoms. The number of piperidine rings is 1. The second-order valence-electron chi connectivity index (χ2n) is 6.54. The van der Waals surface area contributed by atoms with Gasteiger partial charge in [0.15, 0.2) is 0 Å². The molecule has 1 aromatic carbocycles. The Morgan fingerprint density at radius 2 is 2.20 bits per heavy atom. The molecular formula is C17H24N2O. The summed E-state index contributed by atoms with van der Waals surface area (Å²) >= 11 is 0. The molecule has 20 heavy (non-hydrogen) atoms. The van der Waals surface area contributed by atoms with Gasteiger partial charge in [0.2, 0.25) is 0 Å². The lowest BCUT2D eigenvalue weighted by Gasteiger charge is -2.25. The number of ether oxygens (including phenoxy) is 1. The van der Waals surface area contributed by atoms with Crippen LogP contribution in [-0.4, -0.2) is 37.7 Å². The quantitative estimate of drug-likeness (QED) is 0.894. The van der Waals surface area contributed by atoms with E-state index in [9.17, 15) is 0 Å². The number of rotatable bonds is 2. The molecule has 2 saturated heterocycles. The van der Waals surface area contributed by atoms with Crippen molar-refractivity contribution in [3.05, 3.63) is 29.3 Å². The van der Waals surface area contributed by atoms with E-state index >= 15 is 0 Å². The second-order valence-corrected chi connectivity index (χ2v) is 6.54. The van der Waals surface area contributed by atoms with Crippen molar-refractivity contribution in [3.8, 4) is 5.75 Å². The second kappa shape index (κ2) is 5.05. The average Bonchev–Trinajstić information content (AvgIpc) is 3.09. The fourth-order valence-electron chi connectivity index (χ4n) is 4.40. The maximum Gasteiger partial charge on any atom is 0.119 e. The minimum Gasteiger partial charge on any atom is -0.497 e. The molecule has 2 aliphatic heterocycles. The van der Waals surface area contributed by atoms with E-state index in [1.807, 2.05) is 0 Å². The molecule has 3 heteroatoms. The van der Waals surface area contributed by atoms with E-state index in [1.165, 1.54) is 56.4 Å². The van der Waals surface area contributed by atoms with Crippen LogP contribution < -0.4 is 10.1 Å². The van der Waals surface area contributed by atoms with Crippen LogP contribution in [0.3, 0.4) is 0 Å². The smallest absolute Gasteiger partial charge is 0.119 e. The van der Waals surface area contributed by atoms with Gasteiger partial charge in [-0.05, 0) is 61.4 Å². The highest BCUT2D eigenvalue weighted by molar-refractivity contribution is 5.41. The van der Waals surface area contributed by atoms with Crippen LogP contribution >= 0.6 is 0 Å². The largest absolute Gasteiger partial charge is 0.497 e. The zero-order valence-electron chi connectivity index (χ0n) is 12.3. The fourth-order valence-corrected chi connectivity index (χ4v) is 4.40. The highest BCUT2D eigenvalue weighted by atomic mass is 16.5. The molecule has 3 nitrogen and oxygen atoms in total. The highest BCUT2D eigenvalue weighted by Crippen LogP contribution is 2.41. The van der Waals surface area contributed by atoms with E-state index < -0.39 is 0 Å². The SMILES string of the molecule is COc1ccc2c(c1)C(N1C[C@@H]3CCCN[C@@H]3C1)CC2. The zero-order valence-corrected chi connectivity index (χ0v) is 12.3. The van der Waals surface area contributed by atoms with Crippen LogP contribution in [0.2, 0.25) is 0 Å². The van der Waals surface area contributed by atoms with Crippen LogP contribution in [0, 0.1) is 5.92 Å². The van der Waals surface area contributed by atoms with E-state index in [0.29, 0.717) is 6.04 Å². The first-order valence-corrected chi connectivity index (χ1v) is 7.99.